The molecule has 0 unspecified atom stereocenters. The Balaban J connectivity index is 0.000000137. The number of hydrogen-bond acceptors (Lipinski definition) is 3. The molecular weight excluding hydrogens is 1790 g/mol. The van der Waals surface area contributed by atoms with Gasteiger partial charge in [-0.05, 0) is 302 Å². The third kappa shape index (κ3) is 11.9. The number of hydrogen-bond donors (Lipinski definition) is 0. The highest BCUT2D eigenvalue weighted by Crippen LogP contribution is 2.72. The van der Waals surface area contributed by atoms with E-state index in [-0.39, 0.29) is 5.41 Å². The van der Waals surface area contributed by atoms with Crippen molar-refractivity contribution in [2.75, 3.05) is 9.80 Å². The van der Waals surface area contributed by atoms with Gasteiger partial charge >= 0.3 is 0 Å². The van der Waals surface area contributed by atoms with E-state index in [1.807, 2.05) is 12.1 Å². The zero-order chi connectivity index (χ0) is 97.7. The van der Waals surface area contributed by atoms with Crippen molar-refractivity contribution in [2.45, 2.75) is 40.9 Å². The monoisotopic (exact) mass is 1880 g/mol. The van der Waals surface area contributed by atoms with Crippen LogP contribution in [0.15, 0.2) is 550 Å². The van der Waals surface area contributed by atoms with Crippen molar-refractivity contribution in [3.05, 3.63) is 646 Å². The second-order valence-corrected chi connectivity index (χ2v) is 41.3. The molecule has 692 valence electrons. The third-order valence-electron chi connectivity index (χ3n) is 34.0. The minimum Gasteiger partial charge on any atom is -0.456 e. The van der Waals surface area contributed by atoms with Crippen molar-refractivity contribution in [1.29, 1.82) is 0 Å². The Hall–Kier alpha value is -18.5. The smallest absolute Gasteiger partial charge is 0.135 e. The largest absolute Gasteiger partial charge is 0.456 e. The molecule has 0 fully saturated rings. The molecule has 148 heavy (non-hydrogen) atoms. The van der Waals surface area contributed by atoms with Crippen LogP contribution in [0.25, 0.3) is 133 Å². The summed E-state index contributed by atoms with van der Waals surface area (Å²) in [6.07, 6.45) is 0. The molecule has 0 bridgehead atoms. The molecule has 3 heteroatoms. The van der Waals surface area contributed by atoms with Gasteiger partial charge < -0.3 is 14.2 Å². The summed E-state index contributed by atoms with van der Waals surface area (Å²) < 4.78 is 6.23. The molecule has 1 aromatic heterocycles. The molecule has 0 N–H and O–H groups in total. The first-order chi connectivity index (χ1) is 73.2. The summed E-state index contributed by atoms with van der Waals surface area (Å²) in [7, 11) is 0. The highest BCUT2D eigenvalue weighted by atomic mass is 16.3. The number of rotatable bonds is 11. The number of furan rings is 1. The van der Waals surface area contributed by atoms with E-state index in [9.17, 15) is 0 Å². The number of para-hydroxylation sites is 1. The van der Waals surface area contributed by atoms with Gasteiger partial charge in [-0.25, -0.2) is 0 Å². The van der Waals surface area contributed by atoms with Crippen molar-refractivity contribution in [1.82, 2.24) is 0 Å². The van der Waals surface area contributed by atoms with Gasteiger partial charge in [0.15, 0.2) is 0 Å². The summed E-state index contributed by atoms with van der Waals surface area (Å²) in [4.78, 5) is 4.82. The highest BCUT2D eigenvalue weighted by molar-refractivity contribution is 6.08. The van der Waals surface area contributed by atoms with Crippen LogP contribution in [-0.4, -0.2) is 0 Å². The number of benzene rings is 23. The Labute approximate surface area is 862 Å². The SMILES string of the molecule is CC1(C)c2ccccc2-c2ccc(N(c3ccc(-c4ccccc4)cc3)c3ccc(-c4cccc5c4-c4ccccc4C54c5ccccc5C5(c6ccccc6-c6ccccc65)c5ccccc54)cc3)cc21.c1ccc(-c2ccc(N(c3ccc(-c4cccc5c4-c4ccccc4C54c5ccccc5C5(c6ccccc6-c6ccccc65)c5ccccc54)cc3)c3cccc(-c4ccc5oc6ccccc6c5c4)c3)cc2)cc1. The lowest BCUT2D eigenvalue weighted by atomic mass is 9.52. The molecule has 1 heterocycles. The maximum atomic E-state index is 6.23. The van der Waals surface area contributed by atoms with Crippen LogP contribution in [0.5, 0.6) is 0 Å². The van der Waals surface area contributed by atoms with Gasteiger partial charge in [-0.1, -0.05) is 469 Å². The zero-order valence-corrected chi connectivity index (χ0v) is 81.8. The Morgan fingerprint density at radius 1 is 0.142 bits per heavy atom. The topological polar surface area (TPSA) is 19.6 Å². The standard InChI is InChI=1S/C74H47NO.C71H49N/c1-2-18-48(19-3-1)49-36-41-53(42-37-49)75(55-21-16-20-51(46-55)52-40-45-71-61(47-52)59-24-7-15-35-70(59)76-71)54-43-38-50(39-44-54)56-26-17-34-69-72(56)60-25-6-10-29-64(60)74(69)67-32-13-11-30-65(67)73(66-31-12-14-33-68(66)74)62-27-8-4-22-57(62)58-23-5-9-28-63(58)73;1-69(2)58-26-10-6-21-53(58)56-44-43-51(45-67(56)69)72(49-39-35-47(36-40-49)46-19-4-3-5-20-46)50-41-37-48(38-42-50)52-25-18-34-66-68(52)57-24-9-13-29-61(57)71(66)64-32-16-14-30-62(64)70(63-31-15-17-33-65(63)71)59-27-11-7-22-54(59)55-23-8-12-28-60(55)70/h1-47H;3-45H,1-2H3. The summed E-state index contributed by atoms with van der Waals surface area (Å²) in [5, 5.41) is 2.25. The maximum Gasteiger partial charge on any atom is 0.135 e. The van der Waals surface area contributed by atoms with E-state index in [1.165, 1.54) is 200 Å². The van der Waals surface area contributed by atoms with Gasteiger partial charge in [-0.2, -0.15) is 0 Å². The molecule has 0 saturated carbocycles. The molecule has 7 aliphatic carbocycles. The molecule has 7 aliphatic rings. The van der Waals surface area contributed by atoms with Gasteiger partial charge in [0.2, 0.25) is 0 Å². The van der Waals surface area contributed by atoms with E-state index in [1.54, 1.807) is 0 Å². The third-order valence-corrected chi connectivity index (χ3v) is 34.0. The van der Waals surface area contributed by atoms with Crippen LogP contribution in [-0.2, 0) is 27.1 Å². The van der Waals surface area contributed by atoms with Crippen molar-refractivity contribution in [3.63, 3.8) is 0 Å². The summed E-state index contributed by atoms with van der Waals surface area (Å²) >= 11 is 0. The van der Waals surface area contributed by atoms with Gasteiger partial charge in [0.25, 0.3) is 0 Å². The minimum absolute atomic E-state index is 0.123. The fraction of sp³-hybridized carbons (Fsp3) is 0.0483. The molecular formula is C145H96N2O. The molecule has 3 nitrogen and oxygen atoms in total. The first-order valence-electron chi connectivity index (χ1n) is 51.8. The van der Waals surface area contributed by atoms with Crippen LogP contribution in [0, 0.1) is 0 Å². The molecule has 0 radical (unpaired) electrons. The lowest BCUT2D eigenvalue weighted by Crippen LogP contribution is -2.43. The number of anilines is 6. The molecule has 0 amide bonds. The van der Waals surface area contributed by atoms with Gasteiger partial charge in [0, 0.05) is 50.3 Å². The van der Waals surface area contributed by atoms with Crippen LogP contribution in [0.4, 0.5) is 34.1 Å². The molecule has 4 spiro atoms. The minimum atomic E-state index is -0.560. The van der Waals surface area contributed by atoms with Crippen LogP contribution in [0.3, 0.4) is 0 Å². The van der Waals surface area contributed by atoms with Crippen LogP contribution >= 0.6 is 0 Å². The fourth-order valence-corrected chi connectivity index (χ4v) is 28.0. The lowest BCUT2D eigenvalue weighted by molar-refractivity contribution is 0.633. The summed E-state index contributed by atoms with van der Waals surface area (Å²) in [6, 6.07) is 204. The molecule has 24 aromatic rings. The van der Waals surface area contributed by atoms with Crippen molar-refractivity contribution in [2.24, 2.45) is 0 Å². The van der Waals surface area contributed by atoms with Gasteiger partial charge in [0.1, 0.15) is 11.2 Å². The molecule has 0 atom stereocenters. The average Bonchev–Trinajstić information content (AvgIpc) is 1.48. The highest BCUT2D eigenvalue weighted by Gasteiger charge is 2.62. The second-order valence-electron chi connectivity index (χ2n) is 41.3. The number of nitrogens with zero attached hydrogens (tertiary/aromatic N) is 2. The first-order valence-corrected chi connectivity index (χ1v) is 51.8. The quantitative estimate of drug-likeness (QED) is 0.129. The fourth-order valence-electron chi connectivity index (χ4n) is 28.0. The average molecular weight is 1880 g/mol. The normalized spacial score (nSPS) is 14.3. The Kier molecular flexibility index (Phi) is 18.8. The second kappa shape index (κ2) is 32.7. The van der Waals surface area contributed by atoms with E-state index in [2.05, 4.69) is 557 Å². The van der Waals surface area contributed by atoms with Crippen molar-refractivity contribution < 1.29 is 4.42 Å². The van der Waals surface area contributed by atoms with Gasteiger partial charge in [-0.3, -0.25) is 0 Å². The van der Waals surface area contributed by atoms with E-state index in [4.69, 9.17) is 4.42 Å². The Morgan fingerprint density at radius 2 is 0.392 bits per heavy atom. The Morgan fingerprint density at radius 3 is 0.791 bits per heavy atom. The summed E-state index contributed by atoms with van der Waals surface area (Å²) in [5.74, 6) is 0. The van der Waals surface area contributed by atoms with Crippen LogP contribution in [0.2, 0.25) is 0 Å². The zero-order valence-electron chi connectivity index (χ0n) is 81.8. The molecule has 0 aliphatic heterocycles. The number of fused-ring (bicyclic) bond motifs is 38. The van der Waals surface area contributed by atoms with Crippen molar-refractivity contribution in [3.8, 4) is 111 Å². The van der Waals surface area contributed by atoms with E-state index in [0.717, 1.165) is 67.2 Å². The van der Waals surface area contributed by atoms with E-state index < -0.39 is 21.7 Å². The molecule has 0 saturated heterocycles. The molecule has 31 rings (SSSR count). The van der Waals surface area contributed by atoms with Crippen LogP contribution < -0.4 is 9.80 Å². The summed E-state index contributed by atoms with van der Waals surface area (Å²) in [5.41, 5.74) is 55.5. The van der Waals surface area contributed by atoms with E-state index >= 15 is 0 Å². The van der Waals surface area contributed by atoms with E-state index in [0.29, 0.717) is 0 Å². The summed E-state index contributed by atoms with van der Waals surface area (Å²) in [6.45, 7) is 4.73. The van der Waals surface area contributed by atoms with Crippen LogP contribution in [0.1, 0.15) is 114 Å². The predicted octanol–water partition coefficient (Wildman–Crippen LogP) is 36.9. The maximum absolute atomic E-state index is 6.23. The predicted molar refractivity (Wildman–Crippen MR) is 611 cm³/mol. The van der Waals surface area contributed by atoms with Gasteiger partial charge in [-0.15, -0.1) is 0 Å². The van der Waals surface area contributed by atoms with Gasteiger partial charge in [0.05, 0.1) is 21.7 Å². The lowest BCUT2D eigenvalue weighted by Gasteiger charge is -2.48. The van der Waals surface area contributed by atoms with Crippen molar-refractivity contribution >= 4 is 56.1 Å². The Bertz CT molecular complexity index is 9380. The first kappa shape index (κ1) is 85.1. The molecule has 23 aromatic carbocycles.